The van der Waals surface area contributed by atoms with Crippen LogP contribution in [0, 0.1) is 6.92 Å². The Balaban J connectivity index is 2.18. The lowest BCUT2D eigenvalue weighted by Crippen LogP contribution is -2.14. The van der Waals surface area contributed by atoms with Crippen LogP contribution in [0.3, 0.4) is 0 Å². The maximum absolute atomic E-state index is 12.1. The van der Waals surface area contributed by atoms with Crippen LogP contribution >= 0.6 is 0 Å². The predicted octanol–water partition coefficient (Wildman–Crippen LogP) is 2.14. The molecule has 0 aliphatic carbocycles. The van der Waals surface area contributed by atoms with E-state index in [0.29, 0.717) is 16.9 Å². The second-order valence-corrected chi connectivity index (χ2v) is 4.30. The fourth-order valence-corrected chi connectivity index (χ4v) is 1.64. The first-order chi connectivity index (χ1) is 10.1. The van der Waals surface area contributed by atoms with E-state index in [2.05, 4.69) is 15.3 Å². The SMILES string of the molecule is Cc1cccnc1NC(=O)c1cncc(C=CC(=O)O)c1. The number of amides is 1. The molecule has 2 rings (SSSR count). The Labute approximate surface area is 121 Å². The summed E-state index contributed by atoms with van der Waals surface area (Å²) in [7, 11) is 0. The molecule has 1 amide bonds. The van der Waals surface area contributed by atoms with Crippen molar-refractivity contribution in [2.24, 2.45) is 0 Å². The summed E-state index contributed by atoms with van der Waals surface area (Å²) >= 11 is 0. The maximum Gasteiger partial charge on any atom is 0.328 e. The van der Waals surface area contributed by atoms with Gasteiger partial charge in [-0.2, -0.15) is 0 Å². The number of carbonyl (C=O) groups is 2. The smallest absolute Gasteiger partial charge is 0.328 e. The number of pyridine rings is 2. The molecule has 0 radical (unpaired) electrons. The number of aromatic nitrogens is 2. The Morgan fingerprint density at radius 3 is 2.86 bits per heavy atom. The van der Waals surface area contributed by atoms with Gasteiger partial charge in [0, 0.05) is 24.7 Å². The number of aryl methyl sites for hydroxylation is 1. The third-order valence-electron chi connectivity index (χ3n) is 2.68. The number of aliphatic carboxylic acids is 1. The molecule has 0 atom stereocenters. The van der Waals surface area contributed by atoms with E-state index >= 15 is 0 Å². The average molecular weight is 283 g/mol. The molecule has 0 saturated carbocycles. The molecule has 6 nitrogen and oxygen atoms in total. The number of carbonyl (C=O) groups excluding carboxylic acids is 1. The Bertz CT molecular complexity index is 711. The average Bonchev–Trinajstić information content (AvgIpc) is 2.48. The van der Waals surface area contributed by atoms with Crippen molar-refractivity contribution >= 4 is 23.8 Å². The minimum atomic E-state index is -1.06. The number of carboxylic acid groups (broad SMARTS) is 1. The minimum Gasteiger partial charge on any atom is -0.478 e. The number of carboxylic acids is 1. The van der Waals surface area contributed by atoms with Crippen LogP contribution in [0.1, 0.15) is 21.5 Å². The molecule has 2 aromatic heterocycles. The van der Waals surface area contributed by atoms with E-state index in [9.17, 15) is 9.59 Å². The molecule has 0 fully saturated rings. The summed E-state index contributed by atoms with van der Waals surface area (Å²) in [6, 6.07) is 5.18. The molecular formula is C15H13N3O3. The zero-order valence-electron chi connectivity index (χ0n) is 11.3. The first-order valence-corrected chi connectivity index (χ1v) is 6.15. The second-order valence-electron chi connectivity index (χ2n) is 4.30. The minimum absolute atomic E-state index is 0.326. The number of rotatable bonds is 4. The fraction of sp³-hybridized carbons (Fsp3) is 0.0667. The van der Waals surface area contributed by atoms with Gasteiger partial charge in [-0.25, -0.2) is 9.78 Å². The first-order valence-electron chi connectivity index (χ1n) is 6.15. The lowest BCUT2D eigenvalue weighted by molar-refractivity contribution is -0.131. The third kappa shape index (κ3) is 3.97. The Morgan fingerprint density at radius 2 is 2.14 bits per heavy atom. The van der Waals surface area contributed by atoms with Crippen LogP contribution in [0.2, 0.25) is 0 Å². The molecule has 2 heterocycles. The fourth-order valence-electron chi connectivity index (χ4n) is 1.64. The van der Waals surface area contributed by atoms with Gasteiger partial charge in [0.05, 0.1) is 5.56 Å². The maximum atomic E-state index is 12.1. The van der Waals surface area contributed by atoms with E-state index < -0.39 is 5.97 Å². The molecule has 106 valence electrons. The molecule has 0 saturated heterocycles. The summed E-state index contributed by atoms with van der Waals surface area (Å²) in [6.45, 7) is 1.84. The summed E-state index contributed by atoms with van der Waals surface area (Å²) in [5.41, 5.74) is 1.70. The Morgan fingerprint density at radius 1 is 1.33 bits per heavy atom. The number of anilines is 1. The van der Waals surface area contributed by atoms with Gasteiger partial charge in [0.25, 0.3) is 5.91 Å². The van der Waals surface area contributed by atoms with Gasteiger partial charge in [-0.1, -0.05) is 6.07 Å². The molecule has 2 aromatic rings. The molecule has 0 bridgehead atoms. The normalized spacial score (nSPS) is 10.5. The number of nitrogens with zero attached hydrogens (tertiary/aromatic N) is 2. The van der Waals surface area contributed by atoms with Gasteiger partial charge in [0.2, 0.25) is 0 Å². The van der Waals surface area contributed by atoms with E-state index in [1.165, 1.54) is 18.5 Å². The summed E-state index contributed by atoms with van der Waals surface area (Å²) in [6.07, 6.45) is 6.83. The van der Waals surface area contributed by atoms with Crippen molar-refractivity contribution in [1.29, 1.82) is 0 Å². The zero-order chi connectivity index (χ0) is 15.2. The van der Waals surface area contributed by atoms with E-state index in [1.807, 2.05) is 13.0 Å². The van der Waals surface area contributed by atoms with Crippen molar-refractivity contribution in [3.05, 3.63) is 59.6 Å². The van der Waals surface area contributed by atoms with Gasteiger partial charge in [-0.05, 0) is 36.3 Å². The monoisotopic (exact) mass is 283 g/mol. The molecule has 0 aliphatic heterocycles. The van der Waals surface area contributed by atoms with E-state index in [1.54, 1.807) is 18.3 Å². The molecular weight excluding hydrogens is 270 g/mol. The van der Waals surface area contributed by atoms with Crippen molar-refractivity contribution < 1.29 is 14.7 Å². The van der Waals surface area contributed by atoms with Gasteiger partial charge >= 0.3 is 5.97 Å². The number of hydrogen-bond donors (Lipinski definition) is 2. The van der Waals surface area contributed by atoms with Crippen molar-refractivity contribution in [2.45, 2.75) is 6.92 Å². The van der Waals surface area contributed by atoms with E-state index in [4.69, 9.17) is 5.11 Å². The standard InChI is InChI=1S/C15H13N3O3/c1-10-3-2-6-17-14(10)18-15(21)12-7-11(8-16-9-12)4-5-13(19)20/h2-9H,1H3,(H,19,20)(H,17,18,21). The summed E-state index contributed by atoms with van der Waals surface area (Å²) in [4.78, 5) is 30.6. The van der Waals surface area contributed by atoms with Crippen molar-refractivity contribution in [3.63, 3.8) is 0 Å². The quantitative estimate of drug-likeness (QED) is 0.839. The highest BCUT2D eigenvalue weighted by Gasteiger charge is 2.09. The Kier molecular flexibility index (Phi) is 4.40. The van der Waals surface area contributed by atoms with Crippen LogP contribution in [0.25, 0.3) is 6.08 Å². The third-order valence-corrected chi connectivity index (χ3v) is 2.68. The first kappa shape index (κ1) is 14.4. The van der Waals surface area contributed by atoms with Crippen molar-refractivity contribution in [3.8, 4) is 0 Å². The van der Waals surface area contributed by atoms with Gasteiger partial charge in [0.1, 0.15) is 5.82 Å². The van der Waals surface area contributed by atoms with Gasteiger partial charge in [-0.15, -0.1) is 0 Å². The lowest BCUT2D eigenvalue weighted by Gasteiger charge is -2.07. The molecule has 21 heavy (non-hydrogen) atoms. The summed E-state index contributed by atoms with van der Waals surface area (Å²) in [5, 5.41) is 11.3. The zero-order valence-corrected chi connectivity index (χ0v) is 11.3. The predicted molar refractivity (Wildman–Crippen MR) is 77.8 cm³/mol. The lowest BCUT2D eigenvalue weighted by atomic mass is 10.2. The molecule has 0 aliphatic rings. The number of hydrogen-bond acceptors (Lipinski definition) is 4. The van der Waals surface area contributed by atoms with Crippen LogP contribution < -0.4 is 5.32 Å². The van der Waals surface area contributed by atoms with Crippen LogP contribution in [-0.2, 0) is 4.79 Å². The summed E-state index contributed by atoms with van der Waals surface area (Å²) in [5.74, 6) is -0.933. The van der Waals surface area contributed by atoms with Crippen LogP contribution in [-0.4, -0.2) is 27.0 Å². The van der Waals surface area contributed by atoms with Crippen LogP contribution in [0.4, 0.5) is 5.82 Å². The molecule has 0 aromatic carbocycles. The Hall–Kier alpha value is -3.02. The highest BCUT2D eigenvalue weighted by Crippen LogP contribution is 2.12. The summed E-state index contributed by atoms with van der Waals surface area (Å²) < 4.78 is 0. The van der Waals surface area contributed by atoms with Crippen molar-refractivity contribution in [2.75, 3.05) is 5.32 Å². The molecule has 0 unspecified atom stereocenters. The van der Waals surface area contributed by atoms with E-state index in [-0.39, 0.29) is 5.91 Å². The van der Waals surface area contributed by atoms with Gasteiger partial charge < -0.3 is 10.4 Å². The topological polar surface area (TPSA) is 92.2 Å². The van der Waals surface area contributed by atoms with Crippen LogP contribution in [0.15, 0.2) is 42.9 Å². The van der Waals surface area contributed by atoms with Crippen molar-refractivity contribution in [1.82, 2.24) is 9.97 Å². The second kappa shape index (κ2) is 6.42. The molecule has 6 heteroatoms. The molecule has 0 spiro atoms. The van der Waals surface area contributed by atoms with Gasteiger partial charge in [-0.3, -0.25) is 9.78 Å². The highest BCUT2D eigenvalue weighted by molar-refractivity contribution is 6.04. The molecule has 2 N–H and O–H groups in total. The number of nitrogens with one attached hydrogen (secondary N) is 1. The largest absolute Gasteiger partial charge is 0.478 e. The van der Waals surface area contributed by atoms with Crippen LogP contribution in [0.5, 0.6) is 0 Å². The van der Waals surface area contributed by atoms with Gasteiger partial charge in [0.15, 0.2) is 0 Å². The highest BCUT2D eigenvalue weighted by atomic mass is 16.4. The van der Waals surface area contributed by atoms with E-state index in [0.717, 1.165) is 11.6 Å².